The van der Waals surface area contributed by atoms with Gasteiger partial charge in [-0.15, -0.1) is 0 Å². The Balaban J connectivity index is 2.38. The fraction of sp³-hybridized carbons (Fsp3) is 0.533. The molecule has 19 heavy (non-hydrogen) atoms. The Labute approximate surface area is 119 Å². The molecule has 4 heteroatoms. The minimum Gasteiger partial charge on any atom is -0.480 e. The van der Waals surface area contributed by atoms with E-state index in [4.69, 9.17) is 22.4 Å². The van der Waals surface area contributed by atoms with Crippen LogP contribution in [0.25, 0.3) is 0 Å². The first-order chi connectivity index (χ1) is 8.83. The van der Waals surface area contributed by atoms with Crippen molar-refractivity contribution in [3.63, 3.8) is 0 Å². The number of carbonyl (C=O) groups is 1. The van der Waals surface area contributed by atoms with E-state index in [-0.39, 0.29) is 5.92 Å². The first-order valence-corrected chi connectivity index (χ1v) is 6.96. The van der Waals surface area contributed by atoms with Crippen molar-refractivity contribution in [3.05, 3.63) is 34.9 Å². The van der Waals surface area contributed by atoms with Crippen LogP contribution < -0.4 is 5.73 Å². The molecular weight excluding hydrogens is 262 g/mol. The molecule has 0 bridgehead atoms. The van der Waals surface area contributed by atoms with Gasteiger partial charge in [0.1, 0.15) is 5.54 Å². The van der Waals surface area contributed by atoms with Crippen LogP contribution in [0.2, 0.25) is 5.02 Å². The van der Waals surface area contributed by atoms with Gasteiger partial charge in [0.2, 0.25) is 0 Å². The molecule has 1 aromatic rings. The minimum absolute atomic E-state index is 0.286. The zero-order chi connectivity index (χ0) is 14.5. The lowest BCUT2D eigenvalue weighted by molar-refractivity contribution is -0.143. The van der Waals surface area contributed by atoms with Crippen LogP contribution in [0, 0.1) is 5.92 Å². The molecule has 3 nitrogen and oxygen atoms in total. The summed E-state index contributed by atoms with van der Waals surface area (Å²) in [7, 11) is 0. The number of halogens is 1. The highest BCUT2D eigenvalue weighted by atomic mass is 35.5. The summed E-state index contributed by atoms with van der Waals surface area (Å²) in [6.45, 7) is 3.61. The predicted molar refractivity (Wildman–Crippen MR) is 78.4 cm³/mol. The molecule has 0 aromatic heterocycles. The van der Waals surface area contributed by atoms with Crippen molar-refractivity contribution in [2.24, 2.45) is 11.7 Å². The molecule has 0 heterocycles. The number of hydrogen-bond donors (Lipinski definition) is 2. The Bertz CT molecular complexity index is 432. The smallest absolute Gasteiger partial charge is 0.323 e. The average molecular weight is 284 g/mol. The van der Waals surface area contributed by atoms with Crippen LogP contribution in [-0.4, -0.2) is 16.6 Å². The van der Waals surface area contributed by atoms with Crippen LogP contribution in [0.4, 0.5) is 0 Å². The lowest BCUT2D eigenvalue weighted by Crippen LogP contribution is -2.46. The van der Waals surface area contributed by atoms with Crippen molar-refractivity contribution in [1.29, 1.82) is 0 Å². The molecule has 0 aliphatic rings. The van der Waals surface area contributed by atoms with E-state index in [9.17, 15) is 4.79 Å². The number of aryl methyl sites for hydroxylation is 1. The summed E-state index contributed by atoms with van der Waals surface area (Å²) in [6.07, 6.45) is 3.34. The molecular formula is C15H22ClNO2. The van der Waals surface area contributed by atoms with E-state index in [1.807, 2.05) is 31.2 Å². The van der Waals surface area contributed by atoms with Crippen LogP contribution in [0.15, 0.2) is 24.3 Å². The summed E-state index contributed by atoms with van der Waals surface area (Å²) in [4.78, 5) is 11.0. The fourth-order valence-electron chi connectivity index (χ4n) is 2.26. The highest BCUT2D eigenvalue weighted by Crippen LogP contribution is 2.22. The number of rotatable bonds is 7. The summed E-state index contributed by atoms with van der Waals surface area (Å²) in [5.74, 6) is -0.654. The van der Waals surface area contributed by atoms with E-state index in [1.54, 1.807) is 6.92 Å². The summed E-state index contributed by atoms with van der Waals surface area (Å²) in [5, 5.41) is 9.78. The number of nitrogens with two attached hydrogens (primary N) is 1. The normalized spacial score (nSPS) is 15.8. The summed E-state index contributed by atoms with van der Waals surface area (Å²) in [5.41, 5.74) is 5.76. The van der Waals surface area contributed by atoms with Crippen LogP contribution in [0.3, 0.4) is 0 Å². The molecule has 0 aliphatic heterocycles. The van der Waals surface area contributed by atoms with E-state index in [1.165, 1.54) is 0 Å². The average Bonchev–Trinajstić information content (AvgIpc) is 2.30. The second-order valence-electron chi connectivity index (χ2n) is 5.52. The predicted octanol–water partition coefficient (Wildman–Crippen LogP) is 3.49. The third-order valence-electron chi connectivity index (χ3n) is 3.36. The van der Waals surface area contributed by atoms with E-state index >= 15 is 0 Å². The molecule has 0 saturated carbocycles. The molecule has 2 atom stereocenters. The van der Waals surface area contributed by atoms with Crippen molar-refractivity contribution in [2.45, 2.75) is 45.1 Å². The molecule has 3 N–H and O–H groups in total. The monoisotopic (exact) mass is 283 g/mol. The lowest BCUT2D eigenvalue weighted by Gasteiger charge is -2.23. The van der Waals surface area contributed by atoms with Crippen molar-refractivity contribution in [2.75, 3.05) is 0 Å². The van der Waals surface area contributed by atoms with E-state index in [0.717, 1.165) is 29.8 Å². The highest BCUT2D eigenvalue weighted by Gasteiger charge is 2.29. The molecule has 2 unspecified atom stereocenters. The Morgan fingerprint density at radius 1 is 1.47 bits per heavy atom. The standard InChI is InChI=1S/C15H22ClNO2/c1-11(10-15(2,17)14(18)19)6-5-8-12-7-3-4-9-13(12)16/h3-4,7,9,11H,5-6,8,10,17H2,1-2H3,(H,18,19). The summed E-state index contributed by atoms with van der Waals surface area (Å²) < 4.78 is 0. The topological polar surface area (TPSA) is 63.3 Å². The van der Waals surface area contributed by atoms with Crippen LogP contribution >= 0.6 is 11.6 Å². The van der Waals surface area contributed by atoms with Crippen molar-refractivity contribution in [1.82, 2.24) is 0 Å². The molecule has 0 radical (unpaired) electrons. The molecule has 106 valence electrons. The number of carboxylic acids is 1. The zero-order valence-corrected chi connectivity index (χ0v) is 12.3. The zero-order valence-electron chi connectivity index (χ0n) is 11.5. The van der Waals surface area contributed by atoms with E-state index < -0.39 is 11.5 Å². The lowest BCUT2D eigenvalue weighted by atomic mass is 9.87. The summed E-state index contributed by atoms with van der Waals surface area (Å²) >= 11 is 6.09. The second-order valence-corrected chi connectivity index (χ2v) is 5.92. The number of aliphatic carboxylic acids is 1. The second kappa shape index (κ2) is 6.92. The molecule has 1 rings (SSSR count). The Kier molecular flexibility index (Phi) is 5.83. The molecule has 0 aliphatic carbocycles. The molecule has 0 spiro atoms. The third-order valence-corrected chi connectivity index (χ3v) is 3.73. The van der Waals surface area contributed by atoms with Gasteiger partial charge in [-0.05, 0) is 43.7 Å². The molecule has 1 aromatic carbocycles. The first kappa shape index (κ1) is 16.0. The van der Waals surface area contributed by atoms with Crippen molar-refractivity contribution < 1.29 is 9.90 Å². The number of benzene rings is 1. The SMILES string of the molecule is CC(CCCc1ccccc1Cl)CC(C)(N)C(=O)O. The van der Waals surface area contributed by atoms with Gasteiger partial charge in [0.05, 0.1) is 0 Å². The van der Waals surface area contributed by atoms with Crippen LogP contribution in [0.1, 0.15) is 38.7 Å². The number of carboxylic acid groups (broad SMARTS) is 1. The van der Waals surface area contributed by atoms with Gasteiger partial charge in [-0.25, -0.2) is 0 Å². The highest BCUT2D eigenvalue weighted by molar-refractivity contribution is 6.31. The maximum atomic E-state index is 11.0. The van der Waals surface area contributed by atoms with Crippen LogP contribution in [-0.2, 0) is 11.2 Å². The largest absolute Gasteiger partial charge is 0.480 e. The van der Waals surface area contributed by atoms with Gasteiger partial charge in [-0.1, -0.05) is 43.1 Å². The van der Waals surface area contributed by atoms with Gasteiger partial charge >= 0.3 is 5.97 Å². The van der Waals surface area contributed by atoms with E-state index in [2.05, 4.69) is 0 Å². The van der Waals surface area contributed by atoms with Gasteiger partial charge in [0.15, 0.2) is 0 Å². The molecule has 0 fully saturated rings. The quantitative estimate of drug-likeness (QED) is 0.805. The summed E-state index contributed by atoms with van der Waals surface area (Å²) in [6, 6.07) is 7.81. The van der Waals surface area contributed by atoms with Gasteiger partial charge in [0, 0.05) is 5.02 Å². The van der Waals surface area contributed by atoms with Gasteiger partial charge in [-0.3, -0.25) is 4.79 Å². The number of hydrogen-bond acceptors (Lipinski definition) is 2. The molecule has 0 saturated heterocycles. The van der Waals surface area contributed by atoms with E-state index in [0.29, 0.717) is 6.42 Å². The maximum Gasteiger partial charge on any atom is 0.323 e. The molecule has 0 amide bonds. The van der Waals surface area contributed by atoms with Gasteiger partial charge < -0.3 is 10.8 Å². The Hall–Kier alpha value is -1.06. The Morgan fingerprint density at radius 3 is 2.68 bits per heavy atom. The van der Waals surface area contributed by atoms with Gasteiger partial charge in [0.25, 0.3) is 0 Å². The Morgan fingerprint density at radius 2 is 2.11 bits per heavy atom. The van der Waals surface area contributed by atoms with Crippen molar-refractivity contribution >= 4 is 17.6 Å². The fourth-order valence-corrected chi connectivity index (χ4v) is 2.49. The third kappa shape index (κ3) is 5.21. The van der Waals surface area contributed by atoms with Gasteiger partial charge in [-0.2, -0.15) is 0 Å². The first-order valence-electron chi connectivity index (χ1n) is 6.58. The van der Waals surface area contributed by atoms with Crippen molar-refractivity contribution in [3.8, 4) is 0 Å². The van der Waals surface area contributed by atoms with Crippen LogP contribution in [0.5, 0.6) is 0 Å². The minimum atomic E-state index is -1.14. The maximum absolute atomic E-state index is 11.0.